The first-order chi connectivity index (χ1) is 19.3. The van der Waals surface area contributed by atoms with Gasteiger partial charge in [0, 0.05) is 43.5 Å². The molecule has 0 aliphatic carbocycles. The Bertz CT molecular complexity index is 1490. The number of ether oxygens (including phenoxy) is 1. The van der Waals surface area contributed by atoms with Gasteiger partial charge < -0.3 is 19.4 Å². The summed E-state index contributed by atoms with van der Waals surface area (Å²) in [5, 5.41) is 0.105. The number of aryl methyl sites for hydroxylation is 1. The van der Waals surface area contributed by atoms with Crippen LogP contribution in [0.15, 0.2) is 36.7 Å². The summed E-state index contributed by atoms with van der Waals surface area (Å²) in [6, 6.07) is 7.00. The summed E-state index contributed by atoms with van der Waals surface area (Å²) in [6.45, 7) is 12.1. The second kappa shape index (κ2) is 10.6. The van der Waals surface area contributed by atoms with E-state index in [4.69, 9.17) is 21.3 Å². The topological polar surface area (TPSA) is 91.8 Å². The standard InChI is InChI=1S/C30H34ClFN6O3/c1-18-11-20(13-21(32)25(18)31)37-16-29(2,3)26-27(37)34-15-22(35-26)28(40)38-10-9-36(17-30(38,4)5)23-8-7-19(14-33-23)12-24(39)41-6/h7-8,11,13-15H,9-10,12,16-17H2,1-6H3. The number of halogens is 2. The van der Waals surface area contributed by atoms with E-state index in [0.29, 0.717) is 48.9 Å². The molecule has 0 radical (unpaired) electrons. The molecule has 2 aliphatic rings. The van der Waals surface area contributed by atoms with E-state index in [9.17, 15) is 14.0 Å². The molecule has 0 spiro atoms. The average Bonchev–Trinajstić information content (AvgIpc) is 3.20. The summed E-state index contributed by atoms with van der Waals surface area (Å²) in [4.78, 5) is 45.3. The number of fused-ring (bicyclic) bond motifs is 1. The van der Waals surface area contributed by atoms with Crippen LogP contribution in [0.2, 0.25) is 5.02 Å². The van der Waals surface area contributed by atoms with Gasteiger partial charge in [-0.15, -0.1) is 0 Å². The van der Waals surface area contributed by atoms with Crippen molar-refractivity contribution in [3.63, 3.8) is 0 Å². The van der Waals surface area contributed by atoms with Crippen LogP contribution in [-0.4, -0.2) is 70.6 Å². The number of hydrogen-bond donors (Lipinski definition) is 0. The molecule has 0 saturated carbocycles. The molecular formula is C30H34ClFN6O3. The number of piperazine rings is 1. The Balaban J connectivity index is 1.35. The van der Waals surface area contributed by atoms with Crippen molar-refractivity contribution in [2.75, 3.05) is 43.1 Å². The van der Waals surface area contributed by atoms with E-state index in [2.05, 4.69) is 14.9 Å². The molecule has 0 unspecified atom stereocenters. The summed E-state index contributed by atoms with van der Waals surface area (Å²) in [5.74, 6) is 0.410. The van der Waals surface area contributed by atoms with Crippen LogP contribution in [0.3, 0.4) is 0 Å². The lowest BCUT2D eigenvalue weighted by atomic mass is 9.92. The van der Waals surface area contributed by atoms with Crippen LogP contribution < -0.4 is 9.80 Å². The maximum absolute atomic E-state index is 14.5. The molecule has 1 fully saturated rings. The molecule has 5 rings (SSSR count). The first kappa shape index (κ1) is 28.7. The van der Waals surface area contributed by atoms with Crippen molar-refractivity contribution in [1.82, 2.24) is 19.9 Å². The maximum Gasteiger partial charge on any atom is 0.310 e. The van der Waals surface area contributed by atoms with Crippen LogP contribution in [0, 0.1) is 12.7 Å². The summed E-state index contributed by atoms with van der Waals surface area (Å²) in [7, 11) is 1.36. The van der Waals surface area contributed by atoms with E-state index in [-0.39, 0.29) is 29.0 Å². The molecule has 2 aromatic heterocycles. The van der Waals surface area contributed by atoms with E-state index in [1.807, 2.05) is 55.7 Å². The number of hydrogen-bond acceptors (Lipinski definition) is 8. The first-order valence-electron chi connectivity index (χ1n) is 13.5. The highest BCUT2D eigenvalue weighted by molar-refractivity contribution is 6.31. The fourth-order valence-corrected chi connectivity index (χ4v) is 5.68. The molecule has 1 amide bonds. The van der Waals surface area contributed by atoms with E-state index in [1.54, 1.807) is 13.1 Å². The fraction of sp³-hybridized carbons (Fsp3) is 0.433. The Labute approximate surface area is 244 Å². The van der Waals surface area contributed by atoms with Crippen molar-refractivity contribution < 1.29 is 18.7 Å². The second-order valence-electron chi connectivity index (χ2n) is 11.9. The number of anilines is 3. The van der Waals surface area contributed by atoms with E-state index in [0.717, 1.165) is 11.4 Å². The maximum atomic E-state index is 14.5. The Morgan fingerprint density at radius 3 is 2.46 bits per heavy atom. The Morgan fingerprint density at radius 1 is 1.07 bits per heavy atom. The predicted molar refractivity (Wildman–Crippen MR) is 155 cm³/mol. The number of carbonyl (C=O) groups excluding carboxylic acids is 2. The summed E-state index contributed by atoms with van der Waals surface area (Å²) >= 11 is 6.05. The molecular weight excluding hydrogens is 547 g/mol. The normalized spacial score (nSPS) is 17.4. The van der Waals surface area contributed by atoms with Crippen molar-refractivity contribution in [3.8, 4) is 0 Å². The summed E-state index contributed by atoms with van der Waals surface area (Å²) in [6.07, 6.45) is 3.37. The van der Waals surface area contributed by atoms with Gasteiger partial charge >= 0.3 is 5.97 Å². The zero-order valence-electron chi connectivity index (χ0n) is 24.2. The third-order valence-corrected chi connectivity index (χ3v) is 8.26. The minimum absolute atomic E-state index is 0.105. The van der Waals surface area contributed by atoms with Gasteiger partial charge in [-0.3, -0.25) is 9.59 Å². The number of pyridine rings is 1. The van der Waals surface area contributed by atoms with Gasteiger partial charge in [-0.05, 0) is 50.1 Å². The SMILES string of the molecule is COC(=O)Cc1ccc(N2CCN(C(=O)c3cnc4c(n3)C(C)(C)CN4c3cc(C)c(Cl)c(F)c3)C(C)(C)C2)nc1. The number of rotatable bonds is 5. The molecule has 41 heavy (non-hydrogen) atoms. The Hall–Kier alpha value is -3.79. The number of methoxy groups -OCH3 is 1. The van der Waals surface area contributed by atoms with Gasteiger partial charge in [0.1, 0.15) is 17.3 Å². The molecule has 216 valence electrons. The lowest BCUT2D eigenvalue weighted by Gasteiger charge is -2.47. The van der Waals surface area contributed by atoms with Crippen molar-refractivity contribution >= 4 is 40.8 Å². The number of esters is 1. The van der Waals surface area contributed by atoms with E-state index >= 15 is 0 Å². The van der Waals surface area contributed by atoms with Crippen LogP contribution >= 0.6 is 11.6 Å². The van der Waals surface area contributed by atoms with Crippen molar-refractivity contribution in [3.05, 3.63) is 70.0 Å². The van der Waals surface area contributed by atoms with Gasteiger partial charge in [0.15, 0.2) is 5.82 Å². The molecule has 0 bridgehead atoms. The molecule has 9 nitrogen and oxygen atoms in total. The van der Waals surface area contributed by atoms with Gasteiger partial charge in [-0.25, -0.2) is 19.3 Å². The molecule has 1 aromatic carbocycles. The van der Waals surface area contributed by atoms with Gasteiger partial charge in [0.05, 0.1) is 36.0 Å². The van der Waals surface area contributed by atoms with Crippen LogP contribution in [0.4, 0.5) is 21.7 Å². The number of benzene rings is 1. The molecule has 1 saturated heterocycles. The van der Waals surface area contributed by atoms with Crippen molar-refractivity contribution in [2.45, 2.75) is 52.0 Å². The van der Waals surface area contributed by atoms with Gasteiger partial charge in [-0.2, -0.15) is 0 Å². The van der Waals surface area contributed by atoms with Crippen LogP contribution in [0.25, 0.3) is 0 Å². The Kier molecular flexibility index (Phi) is 7.40. The van der Waals surface area contributed by atoms with Gasteiger partial charge in [0.25, 0.3) is 5.91 Å². The van der Waals surface area contributed by atoms with Crippen molar-refractivity contribution in [2.24, 2.45) is 0 Å². The zero-order chi connectivity index (χ0) is 29.7. The molecule has 0 atom stereocenters. The number of aromatic nitrogens is 3. The smallest absolute Gasteiger partial charge is 0.310 e. The minimum Gasteiger partial charge on any atom is -0.469 e. The first-order valence-corrected chi connectivity index (χ1v) is 13.9. The van der Waals surface area contributed by atoms with Crippen molar-refractivity contribution in [1.29, 1.82) is 0 Å². The molecule has 0 N–H and O–H groups in total. The lowest BCUT2D eigenvalue weighted by molar-refractivity contribution is -0.139. The number of carbonyl (C=O) groups is 2. The summed E-state index contributed by atoms with van der Waals surface area (Å²) in [5.41, 5.74) is 2.12. The van der Waals surface area contributed by atoms with Gasteiger partial charge in [-0.1, -0.05) is 31.5 Å². The quantitative estimate of drug-likeness (QED) is 0.395. The number of nitrogens with zero attached hydrogens (tertiary/aromatic N) is 6. The predicted octanol–water partition coefficient (Wildman–Crippen LogP) is 4.86. The second-order valence-corrected chi connectivity index (χ2v) is 12.3. The van der Waals surface area contributed by atoms with Crippen LogP contribution in [0.5, 0.6) is 0 Å². The third-order valence-electron chi connectivity index (χ3n) is 7.79. The highest BCUT2D eigenvalue weighted by Crippen LogP contribution is 2.43. The molecule has 11 heteroatoms. The largest absolute Gasteiger partial charge is 0.469 e. The van der Waals surface area contributed by atoms with Crippen LogP contribution in [0.1, 0.15) is 55.0 Å². The number of amides is 1. The monoisotopic (exact) mass is 580 g/mol. The average molecular weight is 581 g/mol. The van der Waals surface area contributed by atoms with Crippen LogP contribution in [-0.2, 0) is 21.4 Å². The zero-order valence-corrected chi connectivity index (χ0v) is 24.9. The fourth-order valence-electron chi connectivity index (χ4n) is 5.57. The third kappa shape index (κ3) is 5.45. The summed E-state index contributed by atoms with van der Waals surface area (Å²) < 4.78 is 19.2. The van der Waals surface area contributed by atoms with Gasteiger partial charge in [0.2, 0.25) is 0 Å². The molecule has 4 heterocycles. The Morgan fingerprint density at radius 2 is 1.83 bits per heavy atom. The highest BCUT2D eigenvalue weighted by Gasteiger charge is 2.42. The highest BCUT2D eigenvalue weighted by atomic mass is 35.5. The molecule has 3 aromatic rings. The molecule has 2 aliphatic heterocycles. The van der Waals surface area contributed by atoms with E-state index < -0.39 is 16.8 Å². The lowest BCUT2D eigenvalue weighted by Crippen LogP contribution is -2.61. The van der Waals surface area contributed by atoms with E-state index in [1.165, 1.54) is 19.4 Å². The minimum atomic E-state index is -0.512.